The summed E-state index contributed by atoms with van der Waals surface area (Å²) in [5, 5.41) is 0. The van der Waals surface area contributed by atoms with Crippen LogP contribution in [0, 0.1) is 0 Å². The van der Waals surface area contributed by atoms with Crippen molar-refractivity contribution in [2.45, 2.75) is 6.54 Å². The van der Waals surface area contributed by atoms with Crippen molar-refractivity contribution in [2.24, 2.45) is 0 Å². The molecule has 0 spiro atoms. The van der Waals surface area contributed by atoms with Crippen LogP contribution in [0.25, 0.3) is 0 Å². The maximum atomic E-state index is 8.78. The number of aromatic nitrogens is 2. The number of aromatic amines is 1. The summed E-state index contributed by atoms with van der Waals surface area (Å²) in [6.07, 6.45) is 7.58. The Kier molecular flexibility index (Phi) is 7.38. The van der Waals surface area contributed by atoms with E-state index in [1.807, 2.05) is 29.4 Å². The van der Waals surface area contributed by atoms with Crippen LogP contribution in [0.4, 0.5) is 0 Å². The zero-order chi connectivity index (χ0) is 8.53. The first kappa shape index (κ1) is 10.6. The van der Waals surface area contributed by atoms with Crippen molar-refractivity contribution in [1.82, 2.24) is 4.98 Å². The van der Waals surface area contributed by atoms with E-state index in [1.165, 1.54) is 0 Å². The van der Waals surface area contributed by atoms with Gasteiger partial charge in [0.2, 0.25) is 6.33 Å². The Morgan fingerprint density at radius 3 is 2.82 bits per heavy atom. The summed E-state index contributed by atoms with van der Waals surface area (Å²) in [5.74, 6) is 0. The molecule has 11 heavy (non-hydrogen) atoms. The number of rotatable bonds is 2. The molecule has 0 aromatic carbocycles. The van der Waals surface area contributed by atoms with E-state index in [4.69, 9.17) is 3.80 Å². The van der Waals surface area contributed by atoms with Gasteiger partial charge < -0.3 is 0 Å². The van der Waals surface area contributed by atoms with E-state index >= 15 is 0 Å². The summed E-state index contributed by atoms with van der Waals surface area (Å²) in [4.78, 5) is 2.93. The van der Waals surface area contributed by atoms with E-state index < -0.39 is 14.2 Å². The average molecular weight is 188 g/mol. The minimum atomic E-state index is -1.03. The number of H-pyrrole nitrogens is 1. The summed E-state index contributed by atoms with van der Waals surface area (Å²) in [6.45, 7) is 4.48. The molecule has 0 saturated heterocycles. The van der Waals surface area contributed by atoms with Gasteiger partial charge in [0, 0.05) is 0 Å². The summed E-state index contributed by atoms with van der Waals surface area (Å²) < 4.78 is 10.8. The van der Waals surface area contributed by atoms with E-state index in [-0.39, 0.29) is 0 Å². The van der Waals surface area contributed by atoms with Crippen LogP contribution >= 0.6 is 10.0 Å². The number of hydrogen-bond acceptors (Lipinski definition) is 1. The maximum absolute atomic E-state index is 8.78. The summed E-state index contributed by atoms with van der Waals surface area (Å²) in [6, 6.07) is 0. The van der Waals surface area contributed by atoms with Gasteiger partial charge in [-0.3, -0.25) is 4.98 Å². The molecule has 0 aliphatic rings. The first-order chi connectivity index (χ1) is 5.35. The van der Waals surface area contributed by atoms with Crippen LogP contribution < -0.4 is 4.57 Å². The number of halogens is 1. The van der Waals surface area contributed by atoms with Crippen molar-refractivity contribution >= 4 is 24.3 Å². The van der Waals surface area contributed by atoms with Gasteiger partial charge in [-0.15, -0.1) is 0 Å². The predicted octanol–water partition coefficient (Wildman–Crippen LogP) is 0.678. The second-order valence-electron chi connectivity index (χ2n) is 1.69. The minimum absolute atomic E-state index is 0.878. The summed E-state index contributed by atoms with van der Waals surface area (Å²) >= 11 is -1.03. The van der Waals surface area contributed by atoms with Crippen LogP contribution in [-0.4, -0.2) is 19.2 Å². The first-order valence-electron chi connectivity index (χ1n) is 3.01. The molecule has 1 heterocycles. The Morgan fingerprint density at radius 1 is 1.82 bits per heavy atom. The third-order valence-corrected chi connectivity index (χ3v) is 0.943. The molecule has 0 amide bonds. The van der Waals surface area contributed by atoms with Gasteiger partial charge in [-0.2, -0.15) is 0 Å². The van der Waals surface area contributed by atoms with Crippen molar-refractivity contribution < 1.29 is 8.37 Å². The van der Waals surface area contributed by atoms with Gasteiger partial charge in [0.25, 0.3) is 0 Å². The molecule has 0 aliphatic heterocycles. The van der Waals surface area contributed by atoms with Crippen LogP contribution in [0.15, 0.2) is 31.4 Å². The van der Waals surface area contributed by atoms with E-state index in [0.717, 1.165) is 6.54 Å². The Labute approximate surface area is 75.8 Å². The normalized spacial score (nSPS) is 7.36. The Morgan fingerprint density at radius 2 is 2.45 bits per heavy atom. The zero-order valence-electron chi connectivity index (χ0n) is 6.03. The van der Waals surface area contributed by atoms with Gasteiger partial charge in [0.1, 0.15) is 18.9 Å². The fourth-order valence-corrected chi connectivity index (χ4v) is 0.583. The second-order valence-corrected chi connectivity index (χ2v) is 2.40. The van der Waals surface area contributed by atoms with E-state index in [1.54, 1.807) is 0 Å². The van der Waals surface area contributed by atoms with Crippen molar-refractivity contribution in [3.8, 4) is 0 Å². The molecule has 1 N–H and O–H groups in total. The summed E-state index contributed by atoms with van der Waals surface area (Å²) in [5.41, 5.74) is 0. The molecule has 58 valence electrons. The number of nitrogens with zero attached hydrogens (tertiary/aromatic N) is 1. The molecular formula is C6H9AlClN2O+. The zero-order valence-corrected chi connectivity index (χ0v) is 7.95. The van der Waals surface area contributed by atoms with E-state index in [9.17, 15) is 0 Å². The number of nitrogens with one attached hydrogen (secondary N) is 1. The molecular weight excluding hydrogens is 179 g/mol. The molecule has 0 unspecified atom stereocenters. The SMILES string of the molecule is C=CC[n+]1cc[nH]c1.[O]=[Al][Cl]. The third kappa shape index (κ3) is 5.99. The van der Waals surface area contributed by atoms with Crippen molar-refractivity contribution in [3.63, 3.8) is 0 Å². The van der Waals surface area contributed by atoms with Crippen LogP contribution in [-0.2, 0) is 10.3 Å². The molecule has 3 nitrogen and oxygen atoms in total. The van der Waals surface area contributed by atoms with E-state index in [0.29, 0.717) is 0 Å². The Bertz CT molecular complexity index is 200. The van der Waals surface area contributed by atoms with E-state index in [2.05, 4.69) is 21.6 Å². The van der Waals surface area contributed by atoms with Gasteiger partial charge in [-0.1, -0.05) is 12.7 Å². The van der Waals surface area contributed by atoms with Gasteiger partial charge in [-0.05, 0) is 0 Å². The molecule has 0 atom stereocenters. The number of imidazole rings is 1. The fraction of sp³-hybridized carbons (Fsp3) is 0.167. The van der Waals surface area contributed by atoms with Crippen molar-refractivity contribution in [2.75, 3.05) is 0 Å². The average Bonchev–Trinajstić information content (AvgIpc) is 2.42. The van der Waals surface area contributed by atoms with Crippen LogP contribution in [0.2, 0.25) is 0 Å². The monoisotopic (exact) mass is 187 g/mol. The number of hydrogen-bond donors (Lipinski definition) is 1. The molecule has 1 aromatic rings. The van der Waals surface area contributed by atoms with Crippen LogP contribution in [0.1, 0.15) is 0 Å². The molecule has 0 radical (unpaired) electrons. The van der Waals surface area contributed by atoms with Crippen molar-refractivity contribution in [3.05, 3.63) is 31.4 Å². The molecule has 1 aromatic heterocycles. The topological polar surface area (TPSA) is 36.7 Å². The quantitative estimate of drug-likeness (QED) is 0.413. The van der Waals surface area contributed by atoms with Gasteiger partial charge >= 0.3 is 28.1 Å². The van der Waals surface area contributed by atoms with Crippen LogP contribution in [0.5, 0.6) is 0 Å². The molecule has 5 heteroatoms. The second kappa shape index (κ2) is 7.68. The number of allylic oxidation sites excluding steroid dienone is 1. The molecule has 0 aliphatic carbocycles. The van der Waals surface area contributed by atoms with Gasteiger partial charge in [0.15, 0.2) is 0 Å². The molecule has 0 bridgehead atoms. The Hall–Kier alpha value is -0.428. The van der Waals surface area contributed by atoms with Crippen LogP contribution in [0.3, 0.4) is 0 Å². The van der Waals surface area contributed by atoms with Gasteiger partial charge in [0.05, 0.1) is 0 Å². The molecule has 0 saturated carbocycles. The fourth-order valence-electron chi connectivity index (χ4n) is 0.583. The molecule has 0 fully saturated rings. The Balaban J connectivity index is 0.000000292. The standard InChI is InChI=1S/C6H8N2.Al.ClH.O/c1-2-4-8-5-3-7-6-8;;;/h2-3,5-6H,1,4H2;;1H;/q;+1;;. The third-order valence-electron chi connectivity index (χ3n) is 0.943. The summed E-state index contributed by atoms with van der Waals surface area (Å²) in [7, 11) is 4.53. The predicted molar refractivity (Wildman–Crippen MR) is 43.5 cm³/mol. The van der Waals surface area contributed by atoms with Gasteiger partial charge in [-0.25, -0.2) is 4.57 Å². The van der Waals surface area contributed by atoms with Crippen molar-refractivity contribution in [1.29, 1.82) is 0 Å². The molecule has 1 rings (SSSR count). The first-order valence-corrected chi connectivity index (χ1v) is 5.23.